The van der Waals surface area contributed by atoms with E-state index in [2.05, 4.69) is 30.4 Å². The summed E-state index contributed by atoms with van der Waals surface area (Å²) in [7, 11) is 0.981. The highest BCUT2D eigenvalue weighted by Gasteiger charge is 2.35. The van der Waals surface area contributed by atoms with Gasteiger partial charge in [0.15, 0.2) is 11.5 Å². The van der Waals surface area contributed by atoms with Crippen LogP contribution in [-0.4, -0.2) is 29.5 Å². The number of ether oxygens (including phenoxy) is 2. The predicted octanol–water partition coefficient (Wildman–Crippen LogP) is 2.37. The molecule has 0 aliphatic carbocycles. The number of hydrogen-bond acceptors (Lipinski definition) is 5. The maximum absolute atomic E-state index is 12.2. The standard InChI is InChI=1S/C9H7BrF3NO4/c1-17-8(16)4-3-14-5(2-10)6(15)7(4)18-9(11,12)13/h3,15H,2H2,1H3. The number of aromatic hydroxyl groups is 1. The van der Waals surface area contributed by atoms with Gasteiger partial charge in [-0.15, -0.1) is 13.2 Å². The summed E-state index contributed by atoms with van der Waals surface area (Å²) in [5, 5.41) is 9.55. The van der Waals surface area contributed by atoms with E-state index in [9.17, 15) is 23.1 Å². The summed E-state index contributed by atoms with van der Waals surface area (Å²) in [6.07, 6.45) is -4.21. The van der Waals surface area contributed by atoms with Gasteiger partial charge in [0.1, 0.15) is 5.56 Å². The van der Waals surface area contributed by atoms with E-state index in [1.165, 1.54) is 0 Å². The van der Waals surface area contributed by atoms with Crippen LogP contribution in [0.1, 0.15) is 16.1 Å². The molecule has 0 saturated heterocycles. The van der Waals surface area contributed by atoms with Crippen LogP contribution in [-0.2, 0) is 10.1 Å². The summed E-state index contributed by atoms with van der Waals surface area (Å²) in [5.41, 5.74) is -0.709. The number of esters is 1. The van der Waals surface area contributed by atoms with Crippen LogP contribution in [0.2, 0.25) is 0 Å². The van der Waals surface area contributed by atoms with E-state index < -0.39 is 29.4 Å². The van der Waals surface area contributed by atoms with Gasteiger partial charge in [0.2, 0.25) is 0 Å². The Balaban J connectivity index is 3.35. The van der Waals surface area contributed by atoms with Crippen LogP contribution in [0, 0.1) is 0 Å². The van der Waals surface area contributed by atoms with Crippen molar-refractivity contribution >= 4 is 21.9 Å². The van der Waals surface area contributed by atoms with Gasteiger partial charge in [0.05, 0.1) is 12.8 Å². The van der Waals surface area contributed by atoms with Gasteiger partial charge in [0, 0.05) is 11.5 Å². The Morgan fingerprint density at radius 1 is 1.56 bits per heavy atom. The fraction of sp³-hybridized carbons (Fsp3) is 0.333. The first-order valence-corrected chi connectivity index (χ1v) is 5.53. The summed E-state index contributed by atoms with van der Waals surface area (Å²) in [5.74, 6) is -3.00. The van der Waals surface area contributed by atoms with Crippen LogP contribution < -0.4 is 4.74 Å². The molecule has 0 aliphatic heterocycles. The summed E-state index contributed by atoms with van der Waals surface area (Å²) in [6.45, 7) is 0. The van der Waals surface area contributed by atoms with Crippen molar-refractivity contribution in [2.45, 2.75) is 11.7 Å². The molecule has 1 N–H and O–H groups in total. The fourth-order valence-corrected chi connectivity index (χ4v) is 1.50. The molecule has 0 fully saturated rings. The third-order valence-electron chi connectivity index (χ3n) is 1.83. The Morgan fingerprint density at radius 2 is 2.17 bits per heavy atom. The van der Waals surface area contributed by atoms with E-state index in [-0.39, 0.29) is 11.0 Å². The molecule has 0 unspecified atom stereocenters. The number of halogens is 4. The molecule has 0 aromatic carbocycles. The highest BCUT2D eigenvalue weighted by molar-refractivity contribution is 9.08. The van der Waals surface area contributed by atoms with E-state index in [1.807, 2.05) is 0 Å². The second-order valence-electron chi connectivity index (χ2n) is 2.97. The minimum atomic E-state index is -5.05. The van der Waals surface area contributed by atoms with E-state index in [0.717, 1.165) is 13.3 Å². The normalized spacial score (nSPS) is 11.2. The zero-order valence-electron chi connectivity index (χ0n) is 8.92. The average molecular weight is 330 g/mol. The molecule has 9 heteroatoms. The molecule has 0 radical (unpaired) electrons. The van der Waals surface area contributed by atoms with Crippen LogP contribution >= 0.6 is 15.9 Å². The lowest BCUT2D eigenvalue weighted by Gasteiger charge is -2.14. The van der Waals surface area contributed by atoms with Crippen LogP contribution in [0.15, 0.2) is 6.20 Å². The van der Waals surface area contributed by atoms with Crippen molar-refractivity contribution < 1.29 is 32.5 Å². The number of carbonyl (C=O) groups excluding carboxylic acids is 1. The van der Waals surface area contributed by atoms with Crippen LogP contribution in [0.5, 0.6) is 11.5 Å². The van der Waals surface area contributed by atoms with Crippen molar-refractivity contribution in [1.29, 1.82) is 0 Å². The molecule has 1 rings (SSSR count). The summed E-state index contributed by atoms with van der Waals surface area (Å²) in [4.78, 5) is 14.9. The third-order valence-corrected chi connectivity index (χ3v) is 2.36. The van der Waals surface area contributed by atoms with Gasteiger partial charge in [-0.3, -0.25) is 4.98 Å². The summed E-state index contributed by atoms with van der Waals surface area (Å²) < 4.78 is 44.4. The second-order valence-corrected chi connectivity index (χ2v) is 3.53. The summed E-state index contributed by atoms with van der Waals surface area (Å²) >= 11 is 2.93. The second kappa shape index (κ2) is 5.42. The lowest BCUT2D eigenvalue weighted by Crippen LogP contribution is -2.20. The first-order valence-electron chi connectivity index (χ1n) is 4.41. The van der Waals surface area contributed by atoms with Gasteiger partial charge < -0.3 is 14.6 Å². The van der Waals surface area contributed by atoms with Gasteiger partial charge in [-0.05, 0) is 0 Å². The Labute approximate surface area is 108 Å². The molecule has 1 aromatic heterocycles. The molecule has 5 nitrogen and oxygen atoms in total. The molecule has 0 saturated carbocycles. The Morgan fingerprint density at radius 3 is 2.61 bits per heavy atom. The van der Waals surface area contributed by atoms with Gasteiger partial charge in [-0.25, -0.2) is 4.79 Å². The highest BCUT2D eigenvalue weighted by Crippen LogP contribution is 2.37. The van der Waals surface area contributed by atoms with Gasteiger partial charge in [-0.2, -0.15) is 0 Å². The highest BCUT2D eigenvalue weighted by atomic mass is 79.9. The predicted molar refractivity (Wildman–Crippen MR) is 56.6 cm³/mol. The van der Waals surface area contributed by atoms with E-state index in [4.69, 9.17) is 0 Å². The number of carbonyl (C=O) groups is 1. The fourth-order valence-electron chi connectivity index (χ4n) is 1.09. The number of hydrogen-bond donors (Lipinski definition) is 1. The van der Waals surface area contributed by atoms with Gasteiger partial charge in [0.25, 0.3) is 0 Å². The number of aromatic nitrogens is 1. The molecule has 18 heavy (non-hydrogen) atoms. The van der Waals surface area contributed by atoms with E-state index in [1.54, 1.807) is 0 Å². The first kappa shape index (κ1) is 14.6. The number of pyridine rings is 1. The molecule has 0 bridgehead atoms. The Bertz CT molecular complexity index is 464. The van der Waals surface area contributed by atoms with Crippen molar-refractivity contribution in [3.8, 4) is 11.5 Å². The quantitative estimate of drug-likeness (QED) is 0.681. The Hall–Kier alpha value is -1.51. The SMILES string of the molecule is COC(=O)c1cnc(CBr)c(O)c1OC(F)(F)F. The topological polar surface area (TPSA) is 68.7 Å². The van der Waals surface area contributed by atoms with Gasteiger partial charge in [-0.1, -0.05) is 15.9 Å². The first-order chi connectivity index (χ1) is 8.30. The van der Waals surface area contributed by atoms with Crippen LogP contribution in [0.3, 0.4) is 0 Å². The molecular weight excluding hydrogens is 323 g/mol. The summed E-state index contributed by atoms with van der Waals surface area (Å²) in [6, 6.07) is 0. The number of nitrogens with zero attached hydrogens (tertiary/aromatic N) is 1. The van der Waals surface area contributed by atoms with Crippen molar-refractivity contribution in [3.05, 3.63) is 17.5 Å². The molecule has 0 atom stereocenters. The molecule has 1 aromatic rings. The number of alkyl halides is 4. The zero-order chi connectivity index (χ0) is 13.9. The molecule has 0 spiro atoms. The lowest BCUT2D eigenvalue weighted by molar-refractivity contribution is -0.275. The molecule has 0 aliphatic rings. The minimum absolute atomic E-state index is 0.00545. The van der Waals surface area contributed by atoms with E-state index in [0.29, 0.717) is 0 Å². The molecule has 100 valence electrons. The molecule has 0 amide bonds. The van der Waals surface area contributed by atoms with Crippen molar-refractivity contribution in [1.82, 2.24) is 4.98 Å². The van der Waals surface area contributed by atoms with Crippen LogP contribution in [0.4, 0.5) is 13.2 Å². The van der Waals surface area contributed by atoms with Gasteiger partial charge >= 0.3 is 12.3 Å². The number of rotatable bonds is 3. The zero-order valence-corrected chi connectivity index (χ0v) is 10.5. The van der Waals surface area contributed by atoms with Crippen molar-refractivity contribution in [2.75, 3.05) is 7.11 Å². The maximum atomic E-state index is 12.2. The lowest BCUT2D eigenvalue weighted by atomic mass is 10.2. The van der Waals surface area contributed by atoms with Crippen molar-refractivity contribution in [3.63, 3.8) is 0 Å². The van der Waals surface area contributed by atoms with Crippen LogP contribution in [0.25, 0.3) is 0 Å². The van der Waals surface area contributed by atoms with E-state index >= 15 is 0 Å². The molecular formula is C9H7BrF3NO4. The smallest absolute Gasteiger partial charge is 0.503 e. The minimum Gasteiger partial charge on any atom is -0.503 e. The largest absolute Gasteiger partial charge is 0.573 e. The monoisotopic (exact) mass is 329 g/mol. The average Bonchev–Trinajstić information content (AvgIpc) is 2.29. The third kappa shape index (κ3) is 3.25. The maximum Gasteiger partial charge on any atom is 0.573 e. The number of methoxy groups -OCH3 is 1. The Kier molecular flexibility index (Phi) is 4.38. The van der Waals surface area contributed by atoms with Crippen molar-refractivity contribution in [2.24, 2.45) is 0 Å². The molecule has 1 heterocycles.